The van der Waals surface area contributed by atoms with Gasteiger partial charge >= 0.3 is 0 Å². The molecule has 1 atom stereocenters. The van der Waals surface area contributed by atoms with Crippen LogP contribution >= 0.6 is 27.7 Å². The van der Waals surface area contributed by atoms with Gasteiger partial charge < -0.3 is 10.1 Å². The fourth-order valence-electron chi connectivity index (χ4n) is 2.16. The van der Waals surface area contributed by atoms with E-state index in [0.29, 0.717) is 6.61 Å². The molecule has 2 nitrogen and oxygen atoms in total. The summed E-state index contributed by atoms with van der Waals surface area (Å²) in [5.74, 6) is 0.917. The average Bonchev–Trinajstić information content (AvgIpc) is 2.46. The lowest BCUT2D eigenvalue weighted by molar-refractivity contribution is 0.286. The number of fused-ring (bicyclic) bond motifs is 1. The highest BCUT2D eigenvalue weighted by Gasteiger charge is 2.20. The maximum Gasteiger partial charge on any atom is 0.142 e. The zero-order valence-corrected chi connectivity index (χ0v) is 12.9. The Morgan fingerprint density at radius 2 is 2.00 bits per heavy atom. The molecule has 0 bridgehead atoms. The minimum atomic E-state index is 0.206. The number of rotatable bonds is 2. The number of thioether (sulfide) groups is 1. The SMILES string of the molecule is CSc1ccc(C2COc3ccc(Br)cc3N2)cc1. The first kappa shape index (κ1) is 12.9. The molecule has 2 aromatic rings. The molecule has 1 unspecified atom stereocenters. The summed E-state index contributed by atoms with van der Waals surface area (Å²) in [6.45, 7) is 0.660. The topological polar surface area (TPSA) is 21.3 Å². The van der Waals surface area contributed by atoms with Crippen LogP contribution in [0, 0.1) is 0 Å². The van der Waals surface area contributed by atoms with Gasteiger partial charge in [-0.2, -0.15) is 0 Å². The van der Waals surface area contributed by atoms with Crippen LogP contribution in [0.2, 0.25) is 0 Å². The summed E-state index contributed by atoms with van der Waals surface area (Å²) < 4.78 is 6.87. The van der Waals surface area contributed by atoms with Gasteiger partial charge in [0.05, 0.1) is 11.7 Å². The number of benzene rings is 2. The normalized spacial score (nSPS) is 17.3. The molecule has 0 aromatic heterocycles. The third-order valence-electron chi connectivity index (χ3n) is 3.20. The molecule has 0 aliphatic carbocycles. The molecular weight excluding hydrogens is 322 g/mol. The Hall–Kier alpha value is -1.13. The van der Waals surface area contributed by atoms with E-state index in [9.17, 15) is 0 Å². The molecule has 0 saturated carbocycles. The van der Waals surface area contributed by atoms with Crippen LogP contribution in [-0.4, -0.2) is 12.9 Å². The molecule has 1 aliphatic rings. The number of hydrogen-bond donors (Lipinski definition) is 1. The lowest BCUT2D eigenvalue weighted by Crippen LogP contribution is -2.23. The van der Waals surface area contributed by atoms with Crippen LogP contribution in [0.5, 0.6) is 5.75 Å². The number of halogens is 1. The fourth-order valence-corrected chi connectivity index (χ4v) is 2.93. The largest absolute Gasteiger partial charge is 0.489 e. The van der Waals surface area contributed by atoms with Gasteiger partial charge in [-0.15, -0.1) is 11.8 Å². The number of anilines is 1. The fraction of sp³-hybridized carbons (Fsp3) is 0.200. The molecule has 0 amide bonds. The van der Waals surface area contributed by atoms with E-state index < -0.39 is 0 Å². The van der Waals surface area contributed by atoms with Crippen LogP contribution in [0.15, 0.2) is 51.8 Å². The van der Waals surface area contributed by atoms with Crippen LogP contribution in [0.1, 0.15) is 11.6 Å². The highest BCUT2D eigenvalue weighted by Crippen LogP contribution is 2.35. The van der Waals surface area contributed by atoms with Crippen LogP contribution in [0.3, 0.4) is 0 Å². The van der Waals surface area contributed by atoms with E-state index in [1.165, 1.54) is 10.5 Å². The summed E-state index contributed by atoms with van der Waals surface area (Å²) in [5.41, 5.74) is 2.29. The van der Waals surface area contributed by atoms with Crippen molar-refractivity contribution in [2.45, 2.75) is 10.9 Å². The van der Waals surface area contributed by atoms with Crippen LogP contribution in [0.4, 0.5) is 5.69 Å². The van der Waals surface area contributed by atoms with Gasteiger partial charge in [0, 0.05) is 9.37 Å². The van der Waals surface area contributed by atoms with E-state index in [4.69, 9.17) is 4.74 Å². The summed E-state index contributed by atoms with van der Waals surface area (Å²) in [6, 6.07) is 14.9. The Bertz CT molecular complexity index is 585. The quantitative estimate of drug-likeness (QED) is 0.802. The van der Waals surface area contributed by atoms with Crippen molar-refractivity contribution in [2.75, 3.05) is 18.2 Å². The molecule has 1 N–H and O–H groups in total. The molecule has 1 aliphatic heterocycles. The van der Waals surface area contributed by atoms with Crippen molar-refractivity contribution in [3.63, 3.8) is 0 Å². The minimum absolute atomic E-state index is 0.206. The maximum atomic E-state index is 5.81. The number of hydrogen-bond acceptors (Lipinski definition) is 3. The number of ether oxygens (including phenoxy) is 1. The lowest BCUT2D eigenvalue weighted by Gasteiger charge is -2.28. The van der Waals surface area contributed by atoms with E-state index in [1.807, 2.05) is 12.1 Å². The molecule has 19 heavy (non-hydrogen) atoms. The van der Waals surface area contributed by atoms with Gasteiger partial charge in [0.15, 0.2) is 0 Å². The molecule has 2 aromatic carbocycles. The first-order valence-electron chi connectivity index (χ1n) is 6.09. The Labute approximate surface area is 125 Å². The Morgan fingerprint density at radius 1 is 1.21 bits per heavy atom. The standard InChI is InChI=1S/C15H14BrNOS/c1-19-12-5-2-10(3-6-12)14-9-18-15-7-4-11(16)8-13(15)17-14/h2-8,14,17H,9H2,1H3. The van der Waals surface area contributed by atoms with Crippen molar-refractivity contribution in [1.29, 1.82) is 0 Å². The van der Waals surface area contributed by atoms with Gasteiger partial charge in [0.2, 0.25) is 0 Å². The molecular formula is C15H14BrNOS. The van der Waals surface area contributed by atoms with Crippen molar-refractivity contribution in [1.82, 2.24) is 0 Å². The van der Waals surface area contributed by atoms with E-state index in [2.05, 4.69) is 57.8 Å². The van der Waals surface area contributed by atoms with Gasteiger partial charge in [-0.1, -0.05) is 28.1 Å². The lowest BCUT2D eigenvalue weighted by atomic mass is 10.1. The molecule has 0 radical (unpaired) electrons. The summed E-state index contributed by atoms with van der Waals surface area (Å²) in [6.07, 6.45) is 2.09. The average molecular weight is 336 g/mol. The number of nitrogens with one attached hydrogen (secondary N) is 1. The zero-order valence-electron chi connectivity index (χ0n) is 10.5. The second kappa shape index (κ2) is 5.47. The molecule has 0 fully saturated rings. The Kier molecular flexibility index (Phi) is 3.71. The van der Waals surface area contributed by atoms with Crippen molar-refractivity contribution in [2.24, 2.45) is 0 Å². The molecule has 3 rings (SSSR count). The van der Waals surface area contributed by atoms with E-state index in [-0.39, 0.29) is 6.04 Å². The minimum Gasteiger partial charge on any atom is -0.489 e. The predicted octanol–water partition coefficient (Wildman–Crippen LogP) is 4.72. The Morgan fingerprint density at radius 3 is 2.74 bits per heavy atom. The first-order chi connectivity index (χ1) is 9.26. The predicted molar refractivity (Wildman–Crippen MR) is 84.2 cm³/mol. The molecule has 0 saturated heterocycles. The van der Waals surface area contributed by atoms with E-state index in [0.717, 1.165) is 15.9 Å². The van der Waals surface area contributed by atoms with Gasteiger partial charge in [0.25, 0.3) is 0 Å². The zero-order chi connectivity index (χ0) is 13.2. The van der Waals surface area contributed by atoms with Crippen LogP contribution in [-0.2, 0) is 0 Å². The van der Waals surface area contributed by atoms with Gasteiger partial charge in [0.1, 0.15) is 12.4 Å². The monoisotopic (exact) mass is 335 g/mol. The molecule has 0 spiro atoms. The van der Waals surface area contributed by atoms with Gasteiger partial charge in [-0.3, -0.25) is 0 Å². The van der Waals surface area contributed by atoms with Crippen LogP contribution < -0.4 is 10.1 Å². The van der Waals surface area contributed by atoms with Crippen molar-refractivity contribution < 1.29 is 4.74 Å². The summed E-state index contributed by atoms with van der Waals surface area (Å²) in [7, 11) is 0. The van der Waals surface area contributed by atoms with Crippen LogP contribution in [0.25, 0.3) is 0 Å². The van der Waals surface area contributed by atoms with Crippen molar-refractivity contribution in [3.05, 3.63) is 52.5 Å². The highest BCUT2D eigenvalue weighted by molar-refractivity contribution is 9.10. The van der Waals surface area contributed by atoms with Crippen molar-refractivity contribution >= 4 is 33.4 Å². The summed E-state index contributed by atoms with van der Waals surface area (Å²) in [5, 5.41) is 3.53. The van der Waals surface area contributed by atoms with Gasteiger partial charge in [-0.25, -0.2) is 0 Å². The first-order valence-corrected chi connectivity index (χ1v) is 8.11. The Balaban J connectivity index is 1.84. The second-order valence-corrected chi connectivity index (χ2v) is 6.22. The van der Waals surface area contributed by atoms with Crippen molar-refractivity contribution in [3.8, 4) is 5.75 Å². The van der Waals surface area contributed by atoms with E-state index >= 15 is 0 Å². The molecule has 1 heterocycles. The molecule has 4 heteroatoms. The third kappa shape index (κ3) is 2.74. The van der Waals surface area contributed by atoms with Gasteiger partial charge in [-0.05, 0) is 42.2 Å². The second-order valence-electron chi connectivity index (χ2n) is 4.42. The maximum absolute atomic E-state index is 5.81. The smallest absolute Gasteiger partial charge is 0.142 e. The molecule has 98 valence electrons. The third-order valence-corrected chi connectivity index (χ3v) is 4.43. The summed E-state index contributed by atoms with van der Waals surface area (Å²) in [4.78, 5) is 1.28. The summed E-state index contributed by atoms with van der Waals surface area (Å²) >= 11 is 5.24. The van der Waals surface area contributed by atoms with E-state index in [1.54, 1.807) is 11.8 Å². The highest BCUT2D eigenvalue weighted by atomic mass is 79.9.